The average Bonchev–Trinajstić information content (AvgIpc) is 3.07. The molecule has 1 amide bonds. The first-order valence-electron chi connectivity index (χ1n) is 7.44. The predicted octanol–water partition coefficient (Wildman–Crippen LogP) is 1.39. The van der Waals surface area contributed by atoms with Crippen LogP contribution in [0.3, 0.4) is 0 Å². The van der Waals surface area contributed by atoms with E-state index in [9.17, 15) is 9.90 Å². The summed E-state index contributed by atoms with van der Waals surface area (Å²) in [6.45, 7) is 0.482. The topological polar surface area (TPSA) is 80.7 Å². The van der Waals surface area contributed by atoms with Crippen LogP contribution in [0, 0.1) is 5.92 Å². The summed E-state index contributed by atoms with van der Waals surface area (Å²) >= 11 is 0. The van der Waals surface area contributed by atoms with Crippen molar-refractivity contribution in [1.82, 2.24) is 10.3 Å². The summed E-state index contributed by atoms with van der Waals surface area (Å²) in [4.78, 5) is 16.4. The molecule has 0 unspecified atom stereocenters. The maximum absolute atomic E-state index is 12.3. The Hall–Kier alpha value is -2.60. The SMILES string of the molecule is O=C(NC[C@@H](CO)Cc1cccnc1)c1cccc2c1OCO2. The molecule has 2 aromatic rings. The van der Waals surface area contributed by atoms with Gasteiger partial charge >= 0.3 is 0 Å². The number of amides is 1. The summed E-state index contributed by atoms with van der Waals surface area (Å²) in [5, 5.41) is 12.4. The van der Waals surface area contributed by atoms with Gasteiger partial charge in [0.1, 0.15) is 0 Å². The van der Waals surface area contributed by atoms with Gasteiger partial charge in [0.25, 0.3) is 5.91 Å². The van der Waals surface area contributed by atoms with Crippen molar-refractivity contribution < 1.29 is 19.4 Å². The normalized spacial score (nSPS) is 13.6. The number of fused-ring (bicyclic) bond motifs is 1. The quantitative estimate of drug-likeness (QED) is 0.842. The second-order valence-electron chi connectivity index (χ2n) is 5.36. The van der Waals surface area contributed by atoms with Gasteiger partial charge in [-0.05, 0) is 30.2 Å². The van der Waals surface area contributed by atoms with Crippen molar-refractivity contribution in [2.45, 2.75) is 6.42 Å². The zero-order valence-electron chi connectivity index (χ0n) is 12.6. The van der Waals surface area contributed by atoms with Crippen LogP contribution in [0.4, 0.5) is 0 Å². The number of carbonyl (C=O) groups excluding carboxylic acids is 1. The number of ether oxygens (including phenoxy) is 2. The van der Waals surface area contributed by atoms with Crippen LogP contribution in [0.25, 0.3) is 0 Å². The molecule has 0 fully saturated rings. The van der Waals surface area contributed by atoms with Gasteiger partial charge in [0.05, 0.1) is 5.56 Å². The number of para-hydroxylation sites is 1. The largest absolute Gasteiger partial charge is 0.454 e. The number of aliphatic hydroxyl groups is 1. The van der Waals surface area contributed by atoms with Crippen molar-refractivity contribution in [1.29, 1.82) is 0 Å². The molecule has 1 atom stereocenters. The van der Waals surface area contributed by atoms with Crippen LogP contribution in [0.2, 0.25) is 0 Å². The highest BCUT2D eigenvalue weighted by Gasteiger charge is 2.22. The Morgan fingerprint density at radius 3 is 3.00 bits per heavy atom. The van der Waals surface area contributed by atoms with E-state index < -0.39 is 0 Å². The van der Waals surface area contributed by atoms with Crippen molar-refractivity contribution >= 4 is 5.91 Å². The number of nitrogens with zero attached hydrogens (tertiary/aromatic N) is 1. The van der Waals surface area contributed by atoms with Gasteiger partial charge < -0.3 is 19.9 Å². The first-order chi connectivity index (χ1) is 11.3. The van der Waals surface area contributed by atoms with E-state index in [4.69, 9.17) is 9.47 Å². The highest BCUT2D eigenvalue weighted by Crippen LogP contribution is 2.35. The van der Waals surface area contributed by atoms with Gasteiger partial charge in [0, 0.05) is 31.5 Å². The molecule has 1 aromatic carbocycles. The van der Waals surface area contributed by atoms with Gasteiger partial charge in [-0.2, -0.15) is 0 Å². The fraction of sp³-hybridized carbons (Fsp3) is 0.294. The van der Waals surface area contributed by atoms with Crippen molar-refractivity contribution in [3.8, 4) is 11.5 Å². The van der Waals surface area contributed by atoms with Crippen LogP contribution < -0.4 is 14.8 Å². The van der Waals surface area contributed by atoms with Crippen molar-refractivity contribution in [3.05, 3.63) is 53.9 Å². The smallest absolute Gasteiger partial charge is 0.255 e. The van der Waals surface area contributed by atoms with Crippen molar-refractivity contribution in [2.24, 2.45) is 5.92 Å². The lowest BCUT2D eigenvalue weighted by Crippen LogP contribution is -2.32. The van der Waals surface area contributed by atoms with Gasteiger partial charge in [-0.15, -0.1) is 0 Å². The van der Waals surface area contributed by atoms with E-state index in [0.717, 1.165) is 5.56 Å². The second kappa shape index (κ2) is 7.11. The molecular formula is C17H18N2O4. The number of hydrogen-bond acceptors (Lipinski definition) is 5. The van der Waals surface area contributed by atoms with Gasteiger partial charge in [0.2, 0.25) is 6.79 Å². The number of pyridine rings is 1. The Morgan fingerprint density at radius 2 is 2.22 bits per heavy atom. The molecule has 0 spiro atoms. The molecule has 6 heteroatoms. The van der Waals surface area contributed by atoms with Crippen LogP contribution in [0.5, 0.6) is 11.5 Å². The van der Waals surface area contributed by atoms with Crippen LogP contribution >= 0.6 is 0 Å². The van der Waals surface area contributed by atoms with Gasteiger partial charge in [-0.3, -0.25) is 9.78 Å². The minimum Gasteiger partial charge on any atom is -0.454 e. The van der Waals surface area contributed by atoms with Crippen LogP contribution in [0.15, 0.2) is 42.7 Å². The Morgan fingerprint density at radius 1 is 1.30 bits per heavy atom. The second-order valence-corrected chi connectivity index (χ2v) is 5.36. The third-order valence-corrected chi connectivity index (χ3v) is 3.70. The van der Waals surface area contributed by atoms with Crippen LogP contribution in [-0.4, -0.2) is 35.9 Å². The molecule has 3 rings (SSSR count). The maximum atomic E-state index is 12.3. The molecule has 23 heavy (non-hydrogen) atoms. The van der Waals surface area contributed by atoms with E-state index >= 15 is 0 Å². The molecule has 2 N–H and O–H groups in total. The third kappa shape index (κ3) is 3.60. The van der Waals surface area contributed by atoms with E-state index in [1.54, 1.807) is 30.6 Å². The first kappa shape index (κ1) is 15.3. The highest BCUT2D eigenvalue weighted by atomic mass is 16.7. The van der Waals surface area contributed by atoms with E-state index in [2.05, 4.69) is 10.3 Å². The number of benzene rings is 1. The summed E-state index contributed by atoms with van der Waals surface area (Å²) in [5.74, 6) is 0.735. The van der Waals surface area contributed by atoms with E-state index in [1.807, 2.05) is 12.1 Å². The molecule has 6 nitrogen and oxygen atoms in total. The highest BCUT2D eigenvalue weighted by molar-refractivity contribution is 5.97. The Balaban J connectivity index is 1.61. The summed E-state index contributed by atoms with van der Waals surface area (Å²) in [5.41, 5.74) is 1.47. The number of carbonyl (C=O) groups is 1. The molecule has 2 heterocycles. The molecule has 1 aliphatic rings. The maximum Gasteiger partial charge on any atom is 0.255 e. The molecule has 0 radical (unpaired) electrons. The molecule has 1 aliphatic heterocycles. The lowest BCUT2D eigenvalue weighted by Gasteiger charge is -2.15. The monoisotopic (exact) mass is 314 g/mol. The number of aliphatic hydroxyl groups excluding tert-OH is 1. The van der Waals surface area contributed by atoms with Gasteiger partial charge in [-0.25, -0.2) is 0 Å². The van der Waals surface area contributed by atoms with Crippen LogP contribution in [0.1, 0.15) is 15.9 Å². The summed E-state index contributed by atoms with van der Waals surface area (Å²) in [7, 11) is 0. The molecule has 0 saturated heterocycles. The fourth-order valence-corrected chi connectivity index (χ4v) is 2.49. The Kier molecular flexibility index (Phi) is 4.73. The van der Waals surface area contributed by atoms with E-state index in [-0.39, 0.29) is 25.2 Å². The van der Waals surface area contributed by atoms with Crippen molar-refractivity contribution in [2.75, 3.05) is 19.9 Å². The number of hydrogen-bond donors (Lipinski definition) is 2. The zero-order valence-corrected chi connectivity index (χ0v) is 12.6. The zero-order chi connectivity index (χ0) is 16.1. The van der Waals surface area contributed by atoms with Gasteiger partial charge in [0.15, 0.2) is 11.5 Å². The first-order valence-corrected chi connectivity index (χ1v) is 7.44. The van der Waals surface area contributed by atoms with Gasteiger partial charge in [-0.1, -0.05) is 12.1 Å². The van der Waals surface area contributed by atoms with E-state index in [1.165, 1.54) is 0 Å². The van der Waals surface area contributed by atoms with E-state index in [0.29, 0.717) is 30.0 Å². The standard InChI is InChI=1S/C17H18N2O4/c20-10-13(7-12-3-2-6-18-8-12)9-19-17(21)14-4-1-5-15-16(14)23-11-22-15/h1-6,8,13,20H,7,9-11H2,(H,19,21)/t13-/m0/s1. The third-order valence-electron chi connectivity index (χ3n) is 3.70. The molecule has 0 aliphatic carbocycles. The number of rotatable bonds is 6. The summed E-state index contributed by atoms with van der Waals surface area (Å²) in [6.07, 6.45) is 4.12. The lowest BCUT2D eigenvalue weighted by atomic mass is 10.0. The number of nitrogens with one attached hydrogen (secondary N) is 1. The van der Waals surface area contributed by atoms with Crippen molar-refractivity contribution in [3.63, 3.8) is 0 Å². The molecule has 120 valence electrons. The predicted molar refractivity (Wildman–Crippen MR) is 83.4 cm³/mol. The average molecular weight is 314 g/mol. The molecular weight excluding hydrogens is 296 g/mol. The van der Waals surface area contributed by atoms with Crippen LogP contribution in [-0.2, 0) is 6.42 Å². The summed E-state index contributed by atoms with van der Waals surface area (Å²) < 4.78 is 10.6. The minimum atomic E-state index is -0.239. The fourth-order valence-electron chi connectivity index (χ4n) is 2.49. The molecule has 0 bridgehead atoms. The molecule has 0 saturated carbocycles. The minimum absolute atomic E-state index is 0.0122. The Labute approximate surface area is 134 Å². The Bertz CT molecular complexity index is 676. The lowest BCUT2D eigenvalue weighted by molar-refractivity contribution is 0.0935. The molecule has 1 aromatic heterocycles. The summed E-state index contributed by atoms with van der Waals surface area (Å²) in [6, 6.07) is 9.01. The number of aromatic nitrogens is 1.